The Labute approximate surface area is 147 Å². The van der Waals surface area contributed by atoms with E-state index >= 15 is 0 Å². The summed E-state index contributed by atoms with van der Waals surface area (Å²) in [5.41, 5.74) is 1.65. The van der Waals surface area contributed by atoms with E-state index in [-0.39, 0.29) is 5.56 Å². The fraction of sp³-hybridized carbons (Fsp3) is 0.105. The largest absolute Gasteiger partial charge is 0.464 e. The van der Waals surface area contributed by atoms with E-state index in [1.165, 1.54) is 4.57 Å². The second-order valence-electron chi connectivity index (χ2n) is 5.87. The molecule has 0 atom stereocenters. The lowest BCUT2D eigenvalue weighted by Gasteiger charge is -2.11. The summed E-state index contributed by atoms with van der Waals surface area (Å²) >= 11 is 0. The standard InChI is InChI=1S/C19H15N3O4/c1-11-16(22(2)19(24)21-17(11)23)12-3-5-13(6-4-12)26-18-14-8-10-25-15(14)7-9-20-18/h3-10H,1-2H3,(H,21,23,24). The maximum Gasteiger partial charge on any atom is 0.328 e. The number of hydrogen-bond donors (Lipinski definition) is 1. The van der Waals surface area contributed by atoms with Crippen molar-refractivity contribution >= 4 is 11.0 Å². The van der Waals surface area contributed by atoms with Gasteiger partial charge in [0.25, 0.3) is 5.56 Å². The second kappa shape index (κ2) is 6.03. The van der Waals surface area contributed by atoms with Gasteiger partial charge in [0, 0.05) is 18.8 Å². The molecule has 0 amide bonds. The highest BCUT2D eigenvalue weighted by molar-refractivity contribution is 5.82. The van der Waals surface area contributed by atoms with E-state index in [0.717, 1.165) is 10.9 Å². The van der Waals surface area contributed by atoms with Crippen molar-refractivity contribution in [3.8, 4) is 22.9 Å². The number of H-pyrrole nitrogens is 1. The number of pyridine rings is 1. The number of nitrogens with zero attached hydrogens (tertiary/aromatic N) is 2. The van der Waals surface area contributed by atoms with Gasteiger partial charge in [-0.2, -0.15) is 0 Å². The molecule has 130 valence electrons. The van der Waals surface area contributed by atoms with Gasteiger partial charge in [0.15, 0.2) is 0 Å². The summed E-state index contributed by atoms with van der Waals surface area (Å²) in [4.78, 5) is 30.3. The van der Waals surface area contributed by atoms with Gasteiger partial charge in [-0.3, -0.25) is 14.3 Å². The third-order valence-electron chi connectivity index (χ3n) is 4.24. The molecular formula is C19H15N3O4. The maximum atomic E-state index is 11.9. The molecule has 0 radical (unpaired) electrons. The van der Waals surface area contributed by atoms with Crippen molar-refractivity contribution in [3.05, 3.63) is 75.3 Å². The predicted molar refractivity (Wildman–Crippen MR) is 96.6 cm³/mol. The summed E-state index contributed by atoms with van der Waals surface area (Å²) < 4.78 is 12.6. The SMILES string of the molecule is Cc1c(-c2ccc(Oc3nccc4occc34)cc2)n(C)c(=O)[nH]c1=O. The highest BCUT2D eigenvalue weighted by atomic mass is 16.5. The van der Waals surface area contributed by atoms with Crippen molar-refractivity contribution < 1.29 is 9.15 Å². The molecule has 7 nitrogen and oxygen atoms in total. The van der Waals surface area contributed by atoms with E-state index in [9.17, 15) is 9.59 Å². The van der Waals surface area contributed by atoms with Crippen molar-refractivity contribution in [2.45, 2.75) is 6.92 Å². The molecule has 3 aromatic heterocycles. The van der Waals surface area contributed by atoms with Gasteiger partial charge in [0.2, 0.25) is 5.88 Å². The van der Waals surface area contributed by atoms with Crippen molar-refractivity contribution in [2.75, 3.05) is 0 Å². The molecule has 0 saturated carbocycles. The first-order valence-electron chi connectivity index (χ1n) is 7.95. The minimum atomic E-state index is -0.452. The molecule has 26 heavy (non-hydrogen) atoms. The number of aromatic amines is 1. The fourth-order valence-corrected chi connectivity index (χ4v) is 2.89. The number of furan rings is 1. The van der Waals surface area contributed by atoms with E-state index in [2.05, 4.69) is 9.97 Å². The Morgan fingerprint density at radius 1 is 1.12 bits per heavy atom. The van der Waals surface area contributed by atoms with E-state index in [1.54, 1.807) is 62.8 Å². The number of nitrogens with one attached hydrogen (secondary N) is 1. The summed E-state index contributed by atoms with van der Waals surface area (Å²) in [5.74, 6) is 1.03. The number of aromatic nitrogens is 3. The highest BCUT2D eigenvalue weighted by Gasteiger charge is 2.12. The Morgan fingerprint density at radius 2 is 1.88 bits per heavy atom. The normalized spacial score (nSPS) is 11.0. The van der Waals surface area contributed by atoms with Gasteiger partial charge in [-0.1, -0.05) is 0 Å². The number of hydrogen-bond acceptors (Lipinski definition) is 5. The van der Waals surface area contributed by atoms with Crippen LogP contribution in [0.5, 0.6) is 11.6 Å². The number of fused-ring (bicyclic) bond motifs is 1. The summed E-state index contributed by atoms with van der Waals surface area (Å²) in [6, 6.07) is 10.7. The topological polar surface area (TPSA) is 90.1 Å². The van der Waals surface area contributed by atoms with Crippen molar-refractivity contribution in [1.29, 1.82) is 0 Å². The monoisotopic (exact) mass is 349 g/mol. The van der Waals surface area contributed by atoms with Gasteiger partial charge in [-0.25, -0.2) is 9.78 Å². The summed E-state index contributed by atoms with van der Waals surface area (Å²) in [7, 11) is 1.62. The molecule has 1 N–H and O–H groups in total. The van der Waals surface area contributed by atoms with E-state index in [4.69, 9.17) is 9.15 Å². The number of rotatable bonds is 3. The Balaban J connectivity index is 1.71. The molecule has 4 aromatic rings. The average Bonchev–Trinajstić information content (AvgIpc) is 3.11. The van der Waals surface area contributed by atoms with Crippen LogP contribution in [0.15, 0.2) is 62.9 Å². The molecule has 0 fully saturated rings. The summed E-state index contributed by atoms with van der Waals surface area (Å²) in [6.45, 7) is 1.68. The second-order valence-corrected chi connectivity index (χ2v) is 5.87. The van der Waals surface area contributed by atoms with Crippen LogP contribution in [0.2, 0.25) is 0 Å². The first kappa shape index (κ1) is 15.9. The van der Waals surface area contributed by atoms with Crippen LogP contribution in [0.4, 0.5) is 0 Å². The van der Waals surface area contributed by atoms with E-state index < -0.39 is 5.69 Å². The van der Waals surface area contributed by atoms with Crippen molar-refractivity contribution in [3.63, 3.8) is 0 Å². The van der Waals surface area contributed by atoms with Gasteiger partial charge in [-0.15, -0.1) is 0 Å². The van der Waals surface area contributed by atoms with Gasteiger partial charge < -0.3 is 9.15 Å². The molecular weight excluding hydrogens is 334 g/mol. The van der Waals surface area contributed by atoms with Crippen LogP contribution in [0, 0.1) is 6.92 Å². The molecule has 1 aromatic carbocycles. The average molecular weight is 349 g/mol. The van der Waals surface area contributed by atoms with Gasteiger partial charge in [0.05, 0.1) is 17.3 Å². The van der Waals surface area contributed by atoms with Crippen LogP contribution >= 0.6 is 0 Å². The molecule has 0 spiro atoms. The number of benzene rings is 1. The molecule has 0 aliphatic heterocycles. The quantitative estimate of drug-likeness (QED) is 0.614. The third kappa shape index (κ3) is 2.59. The first-order valence-corrected chi connectivity index (χ1v) is 7.95. The first-order chi connectivity index (χ1) is 12.5. The van der Waals surface area contributed by atoms with Crippen LogP contribution in [0.1, 0.15) is 5.56 Å². The third-order valence-corrected chi connectivity index (χ3v) is 4.24. The van der Waals surface area contributed by atoms with Gasteiger partial charge in [-0.05, 0) is 48.9 Å². The Bertz CT molecular complexity index is 1180. The minimum Gasteiger partial charge on any atom is -0.464 e. The van der Waals surface area contributed by atoms with Crippen LogP contribution in [0.25, 0.3) is 22.2 Å². The van der Waals surface area contributed by atoms with Crippen molar-refractivity contribution in [1.82, 2.24) is 14.5 Å². The molecule has 0 aliphatic rings. The van der Waals surface area contributed by atoms with E-state index in [1.807, 2.05) is 0 Å². The molecule has 7 heteroatoms. The maximum absolute atomic E-state index is 11.9. The minimum absolute atomic E-state index is 0.390. The lowest BCUT2D eigenvalue weighted by Crippen LogP contribution is -2.31. The highest BCUT2D eigenvalue weighted by Crippen LogP contribution is 2.29. The fourth-order valence-electron chi connectivity index (χ4n) is 2.89. The zero-order valence-electron chi connectivity index (χ0n) is 14.1. The molecule has 0 unspecified atom stereocenters. The van der Waals surface area contributed by atoms with E-state index in [0.29, 0.717) is 28.5 Å². The van der Waals surface area contributed by atoms with Crippen LogP contribution in [-0.4, -0.2) is 14.5 Å². The molecule has 4 rings (SSSR count). The molecule has 0 aliphatic carbocycles. The predicted octanol–water partition coefficient (Wildman–Crippen LogP) is 2.98. The van der Waals surface area contributed by atoms with Gasteiger partial charge in [0.1, 0.15) is 11.3 Å². The van der Waals surface area contributed by atoms with Gasteiger partial charge >= 0.3 is 5.69 Å². The Kier molecular flexibility index (Phi) is 3.69. The molecule has 0 saturated heterocycles. The lowest BCUT2D eigenvalue weighted by molar-refractivity contribution is 0.469. The lowest BCUT2D eigenvalue weighted by atomic mass is 10.1. The zero-order valence-corrected chi connectivity index (χ0v) is 14.1. The molecule has 0 bridgehead atoms. The zero-order chi connectivity index (χ0) is 18.3. The number of ether oxygens (including phenoxy) is 1. The molecule has 3 heterocycles. The van der Waals surface area contributed by atoms with Crippen LogP contribution in [0.3, 0.4) is 0 Å². The Hall–Kier alpha value is -3.61. The summed E-state index contributed by atoms with van der Waals surface area (Å²) in [6.07, 6.45) is 3.20. The Morgan fingerprint density at radius 3 is 2.65 bits per heavy atom. The smallest absolute Gasteiger partial charge is 0.328 e. The van der Waals surface area contributed by atoms with Crippen LogP contribution < -0.4 is 16.0 Å². The summed E-state index contributed by atoms with van der Waals surface area (Å²) in [5, 5.41) is 0.782. The van der Waals surface area contributed by atoms with Crippen molar-refractivity contribution in [2.24, 2.45) is 7.05 Å². The van der Waals surface area contributed by atoms with Crippen LogP contribution in [-0.2, 0) is 7.05 Å².